The van der Waals surface area contributed by atoms with Gasteiger partial charge in [-0.05, 0) is 65.3 Å². The number of hydrogen-bond acceptors (Lipinski definition) is 0. The molecule has 0 saturated heterocycles. The molecular weight excluding hydrogens is 336 g/mol. The molecule has 0 spiro atoms. The first-order valence-electron chi connectivity index (χ1n) is 9.97. The van der Waals surface area contributed by atoms with Crippen LogP contribution in [-0.4, -0.2) is 0 Å². The minimum atomic E-state index is -0.170. The minimum absolute atomic E-state index is 0.170. The Morgan fingerprint density at radius 1 is 0.500 bits per heavy atom. The van der Waals surface area contributed by atoms with Crippen LogP contribution in [0.2, 0.25) is 0 Å². The summed E-state index contributed by atoms with van der Waals surface area (Å²) in [6.07, 6.45) is 0. The van der Waals surface area contributed by atoms with Gasteiger partial charge in [0.15, 0.2) is 0 Å². The van der Waals surface area contributed by atoms with Crippen LogP contribution in [0.1, 0.15) is 34.7 Å². The monoisotopic (exact) mass is 360 g/mol. The highest BCUT2D eigenvalue weighted by Gasteiger charge is 2.41. The van der Waals surface area contributed by atoms with Gasteiger partial charge in [0.2, 0.25) is 0 Å². The minimum Gasteiger partial charge on any atom is -0.0620 e. The highest BCUT2D eigenvalue weighted by atomic mass is 14.4. The van der Waals surface area contributed by atoms with E-state index >= 15 is 0 Å². The molecule has 4 aromatic rings. The van der Waals surface area contributed by atoms with Crippen molar-refractivity contribution in [1.29, 1.82) is 0 Å². The van der Waals surface area contributed by atoms with Crippen LogP contribution in [0.5, 0.6) is 0 Å². The van der Waals surface area contributed by atoms with Crippen LogP contribution < -0.4 is 0 Å². The molecule has 136 valence electrons. The van der Waals surface area contributed by atoms with Gasteiger partial charge in [-0.1, -0.05) is 96.6 Å². The number of benzene rings is 4. The number of fused-ring (bicyclic) bond motifs is 3. The maximum Gasteiger partial charge on any atom is 0.0441 e. The molecule has 0 fully saturated rings. The van der Waals surface area contributed by atoms with Crippen molar-refractivity contribution >= 4 is 0 Å². The Hall–Kier alpha value is -3.12. The van der Waals surface area contributed by atoms with Crippen molar-refractivity contribution in [3.05, 3.63) is 119 Å². The molecule has 1 unspecified atom stereocenters. The molecule has 0 N–H and O–H groups in total. The van der Waals surface area contributed by atoms with Gasteiger partial charge in [-0.3, -0.25) is 0 Å². The fourth-order valence-electron chi connectivity index (χ4n) is 4.92. The molecule has 0 radical (unpaired) electrons. The third-order valence-corrected chi connectivity index (χ3v) is 6.37. The van der Waals surface area contributed by atoms with E-state index < -0.39 is 0 Å². The summed E-state index contributed by atoms with van der Waals surface area (Å²) < 4.78 is 0. The molecule has 28 heavy (non-hydrogen) atoms. The third kappa shape index (κ3) is 2.31. The highest BCUT2D eigenvalue weighted by Crippen LogP contribution is 2.54. The van der Waals surface area contributed by atoms with Gasteiger partial charge in [-0.2, -0.15) is 0 Å². The lowest BCUT2D eigenvalue weighted by Crippen LogP contribution is -2.23. The third-order valence-electron chi connectivity index (χ3n) is 6.37. The molecule has 0 heterocycles. The molecule has 0 aliphatic heterocycles. The van der Waals surface area contributed by atoms with Crippen LogP contribution in [0.25, 0.3) is 22.3 Å². The van der Waals surface area contributed by atoms with E-state index in [0.29, 0.717) is 0 Å². The molecule has 0 heteroatoms. The van der Waals surface area contributed by atoms with Gasteiger partial charge >= 0.3 is 0 Å². The number of rotatable bonds is 2. The Balaban J connectivity index is 1.86. The zero-order chi connectivity index (χ0) is 19.3. The molecule has 1 atom stereocenters. The predicted molar refractivity (Wildman–Crippen MR) is 119 cm³/mol. The average Bonchev–Trinajstić information content (AvgIpc) is 2.98. The van der Waals surface area contributed by atoms with E-state index in [9.17, 15) is 0 Å². The molecule has 5 rings (SSSR count). The van der Waals surface area contributed by atoms with E-state index in [0.717, 1.165) is 0 Å². The maximum atomic E-state index is 2.40. The second-order valence-electron chi connectivity index (χ2n) is 8.08. The van der Waals surface area contributed by atoms with Crippen LogP contribution in [0.15, 0.2) is 91.0 Å². The molecule has 1 aliphatic rings. The van der Waals surface area contributed by atoms with Crippen molar-refractivity contribution in [2.75, 3.05) is 0 Å². The molecule has 0 nitrogen and oxygen atoms in total. The summed E-state index contributed by atoms with van der Waals surface area (Å²) in [5, 5.41) is 0. The normalized spacial score (nSPS) is 17.2. The average molecular weight is 361 g/mol. The number of hydrogen-bond donors (Lipinski definition) is 0. The van der Waals surface area contributed by atoms with Crippen LogP contribution in [-0.2, 0) is 5.41 Å². The Kier molecular flexibility index (Phi) is 3.77. The van der Waals surface area contributed by atoms with Crippen LogP contribution in [0.3, 0.4) is 0 Å². The van der Waals surface area contributed by atoms with Crippen molar-refractivity contribution in [3.8, 4) is 22.3 Å². The van der Waals surface area contributed by atoms with E-state index in [1.165, 1.54) is 50.1 Å². The SMILES string of the molecule is Cc1ccc2c(c1)C(C)(c1ccccc1-c1ccccc1C)c1ccccc1-2. The second kappa shape index (κ2) is 6.21. The Bertz CT molecular complexity index is 1200. The lowest BCUT2D eigenvalue weighted by molar-refractivity contribution is 0.715. The summed E-state index contributed by atoms with van der Waals surface area (Å²) in [4.78, 5) is 0. The van der Waals surface area contributed by atoms with Gasteiger partial charge in [-0.15, -0.1) is 0 Å². The van der Waals surface area contributed by atoms with E-state index in [-0.39, 0.29) is 5.41 Å². The summed E-state index contributed by atoms with van der Waals surface area (Å²) in [6, 6.07) is 33.4. The van der Waals surface area contributed by atoms with Crippen LogP contribution in [0.4, 0.5) is 0 Å². The molecule has 4 aromatic carbocycles. The molecule has 0 aromatic heterocycles. The van der Waals surface area contributed by atoms with E-state index in [2.05, 4.69) is 112 Å². The smallest absolute Gasteiger partial charge is 0.0441 e. The summed E-state index contributed by atoms with van der Waals surface area (Å²) in [7, 11) is 0. The largest absolute Gasteiger partial charge is 0.0620 e. The second-order valence-corrected chi connectivity index (χ2v) is 8.08. The van der Waals surface area contributed by atoms with Gasteiger partial charge in [0, 0.05) is 5.41 Å². The summed E-state index contributed by atoms with van der Waals surface area (Å²) in [5.74, 6) is 0. The first kappa shape index (κ1) is 17.0. The van der Waals surface area contributed by atoms with E-state index in [1.807, 2.05) is 0 Å². The topological polar surface area (TPSA) is 0 Å². The van der Waals surface area contributed by atoms with Gasteiger partial charge in [0.1, 0.15) is 0 Å². The number of aryl methyl sites for hydroxylation is 2. The zero-order valence-electron chi connectivity index (χ0n) is 16.7. The fourth-order valence-corrected chi connectivity index (χ4v) is 4.92. The van der Waals surface area contributed by atoms with E-state index in [4.69, 9.17) is 0 Å². The van der Waals surface area contributed by atoms with Crippen molar-refractivity contribution in [2.24, 2.45) is 0 Å². The summed E-state index contributed by atoms with van der Waals surface area (Å²) >= 11 is 0. The Morgan fingerprint density at radius 2 is 1.00 bits per heavy atom. The quantitative estimate of drug-likeness (QED) is 0.352. The Morgan fingerprint density at radius 3 is 1.64 bits per heavy atom. The van der Waals surface area contributed by atoms with Gasteiger partial charge in [-0.25, -0.2) is 0 Å². The molecule has 0 bridgehead atoms. The molecule has 0 saturated carbocycles. The van der Waals surface area contributed by atoms with Crippen LogP contribution >= 0.6 is 0 Å². The first-order chi connectivity index (χ1) is 13.6. The van der Waals surface area contributed by atoms with Crippen molar-refractivity contribution < 1.29 is 0 Å². The first-order valence-corrected chi connectivity index (χ1v) is 9.97. The Labute approximate surface area is 167 Å². The van der Waals surface area contributed by atoms with Crippen molar-refractivity contribution in [1.82, 2.24) is 0 Å². The summed E-state index contributed by atoms with van der Waals surface area (Å²) in [6.45, 7) is 6.79. The van der Waals surface area contributed by atoms with Gasteiger partial charge in [0.25, 0.3) is 0 Å². The molecule has 0 amide bonds. The lowest BCUT2D eigenvalue weighted by Gasteiger charge is -2.31. The standard InChI is InChI=1S/C28H24/c1-19-16-17-24-23-13-7-9-15-26(23)28(3,27(24)18-19)25-14-8-6-12-22(25)21-11-5-4-10-20(21)2/h4-18H,1-3H3. The van der Waals surface area contributed by atoms with Gasteiger partial charge in [0.05, 0.1) is 0 Å². The zero-order valence-corrected chi connectivity index (χ0v) is 16.7. The van der Waals surface area contributed by atoms with Crippen molar-refractivity contribution in [2.45, 2.75) is 26.2 Å². The lowest BCUT2D eigenvalue weighted by atomic mass is 9.71. The molecular formula is C28H24. The van der Waals surface area contributed by atoms with Crippen LogP contribution in [0, 0.1) is 13.8 Å². The summed E-state index contributed by atoms with van der Waals surface area (Å²) in [5.41, 5.74) is 12.0. The fraction of sp³-hybridized carbons (Fsp3) is 0.143. The van der Waals surface area contributed by atoms with E-state index in [1.54, 1.807) is 0 Å². The predicted octanol–water partition coefficient (Wildman–Crippen LogP) is 7.31. The van der Waals surface area contributed by atoms with Gasteiger partial charge < -0.3 is 0 Å². The molecule has 1 aliphatic carbocycles. The van der Waals surface area contributed by atoms with Crippen molar-refractivity contribution in [3.63, 3.8) is 0 Å². The highest BCUT2D eigenvalue weighted by molar-refractivity contribution is 5.86. The maximum absolute atomic E-state index is 2.40.